The first-order valence-corrected chi connectivity index (χ1v) is 45.5. The molecule has 3 N–H and O–H groups in total. The van der Waals surface area contributed by atoms with E-state index in [1.165, 1.54) is 212 Å². The van der Waals surface area contributed by atoms with Gasteiger partial charge in [0, 0.05) is 25.7 Å². The Morgan fingerprint density at radius 1 is 0.269 bits per heavy atom. The molecule has 0 aliphatic rings. The van der Waals surface area contributed by atoms with Crippen LogP contribution in [0.3, 0.4) is 0 Å². The Morgan fingerprint density at radius 3 is 0.788 bits per heavy atom. The lowest BCUT2D eigenvalue weighted by Crippen LogP contribution is -2.30. The van der Waals surface area contributed by atoms with Crippen molar-refractivity contribution in [1.82, 2.24) is 0 Å². The summed E-state index contributed by atoms with van der Waals surface area (Å²) in [7, 11) is -9.96. The maximum absolute atomic E-state index is 13.1. The summed E-state index contributed by atoms with van der Waals surface area (Å²) in [5.74, 6) is -2.21. The highest BCUT2D eigenvalue weighted by molar-refractivity contribution is 7.47. The van der Waals surface area contributed by atoms with Crippen LogP contribution in [0.15, 0.2) is 60.8 Å². The molecule has 608 valence electrons. The van der Waals surface area contributed by atoms with Crippen LogP contribution in [0.25, 0.3) is 0 Å². The quantitative estimate of drug-likeness (QED) is 0.0169. The molecule has 0 saturated heterocycles. The summed E-state index contributed by atoms with van der Waals surface area (Å²) in [5, 5.41) is 10.7. The van der Waals surface area contributed by atoms with Crippen LogP contribution in [0.5, 0.6) is 0 Å². The average molecular weight is 1510 g/mol. The van der Waals surface area contributed by atoms with Crippen molar-refractivity contribution in [2.75, 3.05) is 39.6 Å². The molecule has 0 radical (unpaired) electrons. The number of carbonyl (C=O) groups excluding carboxylic acids is 4. The van der Waals surface area contributed by atoms with Crippen LogP contribution in [-0.4, -0.2) is 96.7 Å². The van der Waals surface area contributed by atoms with E-state index >= 15 is 0 Å². The van der Waals surface area contributed by atoms with E-state index in [0.717, 1.165) is 103 Å². The van der Waals surface area contributed by atoms with E-state index in [1.54, 1.807) is 0 Å². The molecule has 0 fully saturated rings. The molecule has 0 saturated carbocycles. The molecule has 0 aromatic rings. The van der Waals surface area contributed by atoms with Crippen LogP contribution < -0.4 is 0 Å². The lowest BCUT2D eigenvalue weighted by molar-refractivity contribution is -0.161. The number of phosphoric acid groups is 2. The van der Waals surface area contributed by atoms with E-state index in [1.807, 2.05) is 12.2 Å². The second-order valence-corrected chi connectivity index (χ2v) is 31.7. The maximum atomic E-state index is 13.1. The van der Waals surface area contributed by atoms with Crippen LogP contribution in [0.2, 0.25) is 0 Å². The molecule has 104 heavy (non-hydrogen) atoms. The SMILES string of the molecule is CCCCC/C=C\C/C=C\C/C=C\C/C=C\CCCC(=O)O[C@H](COC(=O)CCCCCCCCCCCCCCCCC)COP(=O)(O)OC[C@H](O)COP(=O)(O)OC[C@@H](COC(=O)CCCCCCCCCCCCCCCCCCC)OC(=O)CCCCCCC/C=C\CCCCCCCC. The highest BCUT2D eigenvalue weighted by atomic mass is 31.2. The fourth-order valence-electron chi connectivity index (χ4n) is 12.0. The number of allylic oxidation sites excluding steroid dienone is 10. The molecule has 0 aromatic heterocycles. The monoisotopic (exact) mass is 1510 g/mol. The van der Waals surface area contributed by atoms with Gasteiger partial charge < -0.3 is 33.8 Å². The maximum Gasteiger partial charge on any atom is 0.472 e. The number of hydrogen-bond acceptors (Lipinski definition) is 15. The third-order valence-electron chi connectivity index (χ3n) is 18.5. The molecule has 5 atom stereocenters. The molecular weight excluding hydrogens is 1350 g/mol. The molecular formula is C85H156O17P2. The molecule has 19 heteroatoms. The van der Waals surface area contributed by atoms with Gasteiger partial charge >= 0.3 is 39.5 Å². The topological polar surface area (TPSA) is 237 Å². The Morgan fingerprint density at radius 2 is 0.481 bits per heavy atom. The smallest absolute Gasteiger partial charge is 0.462 e. The lowest BCUT2D eigenvalue weighted by atomic mass is 10.0. The van der Waals surface area contributed by atoms with Crippen molar-refractivity contribution in [1.29, 1.82) is 0 Å². The van der Waals surface area contributed by atoms with Gasteiger partial charge in [-0.2, -0.15) is 0 Å². The largest absolute Gasteiger partial charge is 0.472 e. The van der Waals surface area contributed by atoms with E-state index in [9.17, 15) is 43.2 Å². The van der Waals surface area contributed by atoms with E-state index in [0.29, 0.717) is 32.1 Å². The molecule has 0 aromatic carbocycles. The number of unbranched alkanes of at least 4 members (excludes halogenated alkanes) is 45. The first-order chi connectivity index (χ1) is 50.7. The number of phosphoric ester groups is 2. The third-order valence-corrected chi connectivity index (χ3v) is 20.4. The Hall–Kier alpha value is -3.24. The summed E-state index contributed by atoms with van der Waals surface area (Å²) in [6.07, 6.45) is 79.1. The van der Waals surface area contributed by atoms with Crippen molar-refractivity contribution in [2.24, 2.45) is 0 Å². The fraction of sp³-hybridized carbons (Fsp3) is 0.835. The first kappa shape index (κ1) is 101. The molecule has 0 bridgehead atoms. The van der Waals surface area contributed by atoms with Crippen molar-refractivity contribution in [3.63, 3.8) is 0 Å². The van der Waals surface area contributed by atoms with Gasteiger partial charge in [-0.15, -0.1) is 0 Å². The predicted octanol–water partition coefficient (Wildman–Crippen LogP) is 25.0. The van der Waals surface area contributed by atoms with E-state index in [-0.39, 0.29) is 25.7 Å². The van der Waals surface area contributed by atoms with E-state index in [4.69, 9.17) is 37.0 Å². The van der Waals surface area contributed by atoms with Crippen molar-refractivity contribution in [3.05, 3.63) is 60.8 Å². The zero-order valence-corrected chi connectivity index (χ0v) is 68.5. The summed E-state index contributed by atoms with van der Waals surface area (Å²) in [6.45, 7) is 4.88. The highest BCUT2D eigenvalue weighted by Gasteiger charge is 2.30. The molecule has 0 rings (SSSR count). The Bertz CT molecular complexity index is 2200. The number of ether oxygens (including phenoxy) is 4. The third kappa shape index (κ3) is 76.9. The van der Waals surface area contributed by atoms with Crippen LogP contribution in [-0.2, 0) is 65.4 Å². The number of aliphatic hydroxyl groups is 1. The molecule has 0 amide bonds. The summed E-state index contributed by atoms with van der Waals surface area (Å²) < 4.78 is 68.7. The minimum Gasteiger partial charge on any atom is -0.462 e. The van der Waals surface area contributed by atoms with Gasteiger partial charge in [-0.1, -0.05) is 345 Å². The summed E-state index contributed by atoms with van der Waals surface area (Å²) in [6, 6.07) is 0. The first-order valence-electron chi connectivity index (χ1n) is 42.5. The number of hydrogen-bond donors (Lipinski definition) is 3. The average Bonchev–Trinajstić information content (AvgIpc) is 1.07. The Labute approximate surface area is 635 Å². The van der Waals surface area contributed by atoms with Crippen LogP contribution in [0, 0.1) is 0 Å². The lowest BCUT2D eigenvalue weighted by Gasteiger charge is -2.21. The van der Waals surface area contributed by atoms with Gasteiger partial charge in [0.05, 0.1) is 26.4 Å². The fourth-order valence-corrected chi connectivity index (χ4v) is 13.6. The van der Waals surface area contributed by atoms with Gasteiger partial charge in [0.25, 0.3) is 0 Å². The molecule has 0 aliphatic carbocycles. The summed E-state index contributed by atoms with van der Waals surface area (Å²) in [5.41, 5.74) is 0. The molecule has 17 nitrogen and oxygen atoms in total. The predicted molar refractivity (Wildman–Crippen MR) is 427 cm³/mol. The molecule has 0 spiro atoms. The molecule has 2 unspecified atom stereocenters. The van der Waals surface area contributed by atoms with Gasteiger partial charge in [0.1, 0.15) is 19.3 Å². The van der Waals surface area contributed by atoms with Gasteiger partial charge in [0.2, 0.25) is 0 Å². The minimum atomic E-state index is -4.99. The van der Waals surface area contributed by atoms with Crippen LogP contribution in [0.1, 0.15) is 400 Å². The zero-order valence-electron chi connectivity index (χ0n) is 66.7. The minimum absolute atomic E-state index is 0.0244. The van der Waals surface area contributed by atoms with Gasteiger partial charge in [-0.25, -0.2) is 9.13 Å². The van der Waals surface area contributed by atoms with Crippen LogP contribution >= 0.6 is 15.6 Å². The molecule has 0 heterocycles. The van der Waals surface area contributed by atoms with Crippen molar-refractivity contribution < 1.29 is 80.2 Å². The van der Waals surface area contributed by atoms with Gasteiger partial charge in [-0.3, -0.25) is 37.3 Å². The zero-order chi connectivity index (χ0) is 76.0. The van der Waals surface area contributed by atoms with E-state index < -0.39 is 97.5 Å². The molecule has 0 aliphatic heterocycles. The van der Waals surface area contributed by atoms with Crippen LogP contribution in [0.4, 0.5) is 0 Å². The Balaban J connectivity index is 5.37. The van der Waals surface area contributed by atoms with E-state index in [2.05, 4.69) is 76.3 Å². The summed E-state index contributed by atoms with van der Waals surface area (Å²) in [4.78, 5) is 73.1. The van der Waals surface area contributed by atoms with Gasteiger partial charge in [0.15, 0.2) is 12.2 Å². The second-order valence-electron chi connectivity index (χ2n) is 28.8. The Kier molecular flexibility index (Phi) is 75.5. The number of esters is 4. The van der Waals surface area contributed by atoms with Crippen molar-refractivity contribution >= 4 is 39.5 Å². The number of aliphatic hydroxyl groups excluding tert-OH is 1. The normalized spacial score (nSPS) is 14.1. The van der Waals surface area contributed by atoms with Crippen molar-refractivity contribution in [3.8, 4) is 0 Å². The highest BCUT2D eigenvalue weighted by Crippen LogP contribution is 2.45. The van der Waals surface area contributed by atoms with Crippen molar-refractivity contribution in [2.45, 2.75) is 418 Å². The second kappa shape index (κ2) is 77.9. The summed E-state index contributed by atoms with van der Waals surface area (Å²) >= 11 is 0. The standard InChI is InChI=1S/C85H156O17P2/c1-5-9-13-17-21-25-29-33-37-39-43-46-50-54-58-62-66-70-83(88)96-76-80(101-84(89)71-67-63-59-55-51-47-42-36-32-28-24-20-16-12-8-4)77-99-103(91,92)97-73-79(86)74-98-104(93,94)100-78-81(75-95-82(87)69-65-61-57-53-49-45-41-35-31-27-23-19-15-11-7-3)102-85(90)72-68-64-60-56-52-48-44-40-38-34-30-26-22-18-14-10-6-2/h22,26,34,36,38,42,44,48,56,60,79-81,86H,5-21,23-25,27-33,35,37,39-41,43,45-47,49-55,57-59,61-78H2,1-4H3,(H,91,92)(H,93,94)/b26-22-,38-34-,42-36-,48-44-,60-56-/t79-,80-,81-/m1/s1. The number of carbonyl (C=O) groups is 4. The number of rotatable bonds is 81. The van der Waals surface area contributed by atoms with Gasteiger partial charge in [-0.05, 0) is 89.9 Å².